The van der Waals surface area contributed by atoms with Crippen molar-refractivity contribution in [2.24, 2.45) is 46.3 Å². The number of ether oxygens (including phenoxy) is 3. The zero-order valence-corrected chi connectivity index (χ0v) is 45.2. The molecule has 3 aromatic rings. The standard InChI is InChI=1S/C64H89NO7/c1-45(2)14-11-15-46(3)59-36-37-60-58-35-24-50-44-51(38-40-62(50,4)61(58)39-41-63(59,60)5)65-42-12-18-52(66)25-27-54(68)29-30-55(69)28-26-53(67)19-13-43-72-64(47-16-9-8-10-17-47,48-20-31-56(70-6)32-21-48)49-22-33-57(71-7)34-23-49/h8-10,16-17,20-24,31-34,45-46,51,58-61,65H,11-15,18-19,25-30,35-44H2,1-7H3/t46-,51?,58?,59-,60?,61?,62+,63-/m1/s1. The highest BCUT2D eigenvalue weighted by molar-refractivity contribution is 5.90. The van der Waals surface area contributed by atoms with Crippen molar-refractivity contribution in [1.82, 2.24) is 5.32 Å². The van der Waals surface area contributed by atoms with Crippen LogP contribution >= 0.6 is 0 Å². The first-order valence-corrected chi connectivity index (χ1v) is 28.2. The quantitative estimate of drug-likeness (QED) is 0.0416. The molecule has 8 atom stereocenters. The Labute approximate surface area is 433 Å². The summed E-state index contributed by atoms with van der Waals surface area (Å²) in [5.41, 5.74) is 4.37. The van der Waals surface area contributed by atoms with Crippen LogP contribution in [0.15, 0.2) is 90.5 Å². The predicted molar refractivity (Wildman–Crippen MR) is 289 cm³/mol. The largest absolute Gasteiger partial charge is 0.497 e. The average Bonchev–Trinajstić information content (AvgIpc) is 3.75. The van der Waals surface area contributed by atoms with E-state index in [-0.39, 0.29) is 68.1 Å². The van der Waals surface area contributed by atoms with Gasteiger partial charge in [-0.25, -0.2) is 0 Å². The second kappa shape index (κ2) is 25.7. The number of hydrogen-bond acceptors (Lipinski definition) is 8. The van der Waals surface area contributed by atoms with Crippen LogP contribution in [0.1, 0.15) is 186 Å². The Morgan fingerprint density at radius 1 is 0.625 bits per heavy atom. The van der Waals surface area contributed by atoms with Crippen molar-refractivity contribution < 1.29 is 33.4 Å². The van der Waals surface area contributed by atoms with Gasteiger partial charge in [0.1, 0.15) is 40.2 Å². The molecular weight excluding hydrogens is 895 g/mol. The lowest BCUT2D eigenvalue weighted by Gasteiger charge is -2.58. The first-order chi connectivity index (χ1) is 34.7. The van der Waals surface area contributed by atoms with Crippen molar-refractivity contribution in [2.45, 2.75) is 181 Å². The fourth-order valence-electron chi connectivity index (χ4n) is 14.4. The average molecular weight is 984 g/mol. The third kappa shape index (κ3) is 13.3. The lowest BCUT2D eigenvalue weighted by atomic mass is 9.47. The van der Waals surface area contributed by atoms with Gasteiger partial charge in [-0.1, -0.05) is 120 Å². The van der Waals surface area contributed by atoms with Gasteiger partial charge in [0.25, 0.3) is 0 Å². The van der Waals surface area contributed by atoms with E-state index in [1.165, 1.54) is 64.2 Å². The van der Waals surface area contributed by atoms with E-state index >= 15 is 0 Å². The lowest BCUT2D eigenvalue weighted by molar-refractivity contribution is -0.127. The van der Waals surface area contributed by atoms with E-state index in [1.807, 2.05) is 78.9 Å². The zero-order chi connectivity index (χ0) is 51.3. The van der Waals surface area contributed by atoms with Crippen LogP contribution in [-0.4, -0.2) is 56.5 Å². The van der Waals surface area contributed by atoms with Crippen molar-refractivity contribution in [1.29, 1.82) is 0 Å². The normalized spacial score (nSPS) is 25.2. The minimum absolute atomic E-state index is 0.00896. The zero-order valence-electron chi connectivity index (χ0n) is 45.2. The molecule has 392 valence electrons. The number of ketones is 4. The van der Waals surface area contributed by atoms with Crippen LogP contribution < -0.4 is 14.8 Å². The summed E-state index contributed by atoms with van der Waals surface area (Å²) in [5, 5.41) is 3.81. The summed E-state index contributed by atoms with van der Waals surface area (Å²) in [6.45, 7) is 13.7. The first kappa shape index (κ1) is 55.4. The predicted octanol–water partition coefficient (Wildman–Crippen LogP) is 14.2. The van der Waals surface area contributed by atoms with E-state index in [1.54, 1.807) is 19.8 Å². The van der Waals surface area contributed by atoms with Crippen LogP contribution in [0.3, 0.4) is 0 Å². The highest BCUT2D eigenvalue weighted by Gasteiger charge is 2.59. The number of carbonyl (C=O) groups is 4. The minimum atomic E-state index is -0.966. The second-order valence-corrected chi connectivity index (χ2v) is 23.4. The summed E-state index contributed by atoms with van der Waals surface area (Å²) >= 11 is 0. The van der Waals surface area contributed by atoms with Gasteiger partial charge in [0.15, 0.2) is 0 Å². The molecule has 0 aromatic heterocycles. The smallest absolute Gasteiger partial charge is 0.143 e. The number of fused-ring (bicyclic) bond motifs is 5. The van der Waals surface area contributed by atoms with Crippen molar-refractivity contribution in [3.8, 4) is 11.5 Å². The minimum Gasteiger partial charge on any atom is -0.497 e. The molecule has 4 aliphatic rings. The van der Waals surface area contributed by atoms with Gasteiger partial charge in [-0.05, 0) is 158 Å². The number of Topliss-reactive ketones (excluding diaryl/α,β-unsaturated/α-hetero) is 4. The van der Waals surface area contributed by atoms with Gasteiger partial charge in [-0.3, -0.25) is 19.2 Å². The maximum absolute atomic E-state index is 13.0. The number of allylic oxidation sites excluding steroid dienone is 1. The Morgan fingerprint density at radius 3 is 1.75 bits per heavy atom. The fourth-order valence-corrected chi connectivity index (χ4v) is 14.4. The molecular formula is C64H89NO7. The van der Waals surface area contributed by atoms with E-state index in [4.69, 9.17) is 14.2 Å². The molecule has 3 saturated carbocycles. The van der Waals surface area contributed by atoms with E-state index in [9.17, 15) is 19.2 Å². The van der Waals surface area contributed by atoms with Crippen LogP contribution in [-0.2, 0) is 29.5 Å². The van der Waals surface area contributed by atoms with Gasteiger partial charge in [-0.2, -0.15) is 0 Å². The summed E-state index contributed by atoms with van der Waals surface area (Å²) in [6, 6.07) is 26.2. The Bertz CT molecular complexity index is 2220. The maximum Gasteiger partial charge on any atom is 0.143 e. The molecule has 0 amide bonds. The Balaban J connectivity index is 0.772. The van der Waals surface area contributed by atoms with E-state index in [2.05, 4.69) is 46.0 Å². The summed E-state index contributed by atoms with van der Waals surface area (Å²) in [4.78, 5) is 51.3. The van der Waals surface area contributed by atoms with Gasteiger partial charge in [0.2, 0.25) is 0 Å². The van der Waals surface area contributed by atoms with Gasteiger partial charge < -0.3 is 19.5 Å². The van der Waals surface area contributed by atoms with E-state index in [0.717, 1.165) is 83.1 Å². The topological polar surface area (TPSA) is 108 Å². The second-order valence-electron chi connectivity index (χ2n) is 23.4. The molecule has 0 aliphatic heterocycles. The number of benzene rings is 3. The van der Waals surface area contributed by atoms with Crippen molar-refractivity contribution >= 4 is 23.1 Å². The molecule has 3 aromatic carbocycles. The van der Waals surface area contributed by atoms with Crippen LogP contribution in [0.4, 0.5) is 0 Å². The highest BCUT2D eigenvalue weighted by Crippen LogP contribution is 2.67. The van der Waals surface area contributed by atoms with Gasteiger partial charge in [0, 0.05) is 64.0 Å². The molecule has 0 radical (unpaired) electrons. The number of nitrogens with one attached hydrogen (secondary N) is 1. The molecule has 72 heavy (non-hydrogen) atoms. The molecule has 7 rings (SSSR count). The molecule has 1 N–H and O–H groups in total. The fraction of sp³-hybridized carbons (Fsp3) is 0.625. The molecule has 0 saturated heterocycles. The third-order valence-electron chi connectivity index (χ3n) is 18.5. The number of methoxy groups -OCH3 is 2. The molecule has 0 bridgehead atoms. The number of rotatable bonds is 29. The SMILES string of the molecule is COc1ccc(C(OCCCC(=O)CCC(=O)CCC(=O)CCC(=O)CCCNC2CC[C@@]3(C)C(=CCC4C3CC[C@@]3(C)C4CC[C@@H]3[C@H](C)CCCC(C)C)C2)(c2ccccc2)c2ccc(OC)cc2)cc1. The molecule has 0 heterocycles. The first-order valence-electron chi connectivity index (χ1n) is 28.2. The third-order valence-corrected chi connectivity index (χ3v) is 18.5. The van der Waals surface area contributed by atoms with Crippen LogP contribution in [0.2, 0.25) is 0 Å². The number of carbonyl (C=O) groups excluding carboxylic acids is 4. The van der Waals surface area contributed by atoms with Gasteiger partial charge >= 0.3 is 0 Å². The van der Waals surface area contributed by atoms with Crippen LogP contribution in [0.25, 0.3) is 0 Å². The Hall–Kier alpha value is -4.40. The Morgan fingerprint density at radius 2 is 1.18 bits per heavy atom. The summed E-state index contributed by atoms with van der Waals surface area (Å²) < 4.78 is 17.8. The molecule has 8 heteroatoms. The van der Waals surface area contributed by atoms with Crippen LogP contribution in [0, 0.1) is 46.3 Å². The lowest BCUT2D eigenvalue weighted by Crippen LogP contribution is -2.51. The Kier molecular flexibility index (Phi) is 19.8. The molecule has 4 unspecified atom stereocenters. The summed E-state index contributed by atoms with van der Waals surface area (Å²) in [7, 11) is 3.28. The van der Waals surface area contributed by atoms with Crippen molar-refractivity contribution in [2.75, 3.05) is 27.4 Å². The molecule has 4 aliphatic carbocycles. The number of hydrogen-bond donors (Lipinski definition) is 1. The van der Waals surface area contributed by atoms with Gasteiger partial charge in [-0.15, -0.1) is 0 Å². The highest BCUT2D eigenvalue weighted by atomic mass is 16.5. The summed E-state index contributed by atoms with van der Waals surface area (Å²) in [5.74, 6) is 6.52. The molecule has 3 fully saturated rings. The summed E-state index contributed by atoms with van der Waals surface area (Å²) in [6.07, 6.45) is 20.3. The van der Waals surface area contributed by atoms with E-state index in [0.29, 0.717) is 36.3 Å². The maximum atomic E-state index is 13.0. The molecule has 8 nitrogen and oxygen atoms in total. The van der Waals surface area contributed by atoms with Crippen molar-refractivity contribution in [3.63, 3.8) is 0 Å². The van der Waals surface area contributed by atoms with Crippen molar-refractivity contribution in [3.05, 3.63) is 107 Å². The molecule has 0 spiro atoms. The van der Waals surface area contributed by atoms with Crippen LogP contribution in [0.5, 0.6) is 11.5 Å². The van der Waals surface area contributed by atoms with E-state index < -0.39 is 5.60 Å². The van der Waals surface area contributed by atoms with Gasteiger partial charge in [0.05, 0.1) is 14.2 Å². The monoisotopic (exact) mass is 984 g/mol.